The van der Waals surface area contributed by atoms with E-state index in [1.807, 2.05) is 0 Å². The van der Waals surface area contributed by atoms with E-state index in [1.165, 1.54) is 0 Å². The minimum atomic E-state index is -2.24. The average Bonchev–Trinajstić information content (AvgIpc) is 2.79. The van der Waals surface area contributed by atoms with Crippen LogP contribution in [0, 0.1) is 11.3 Å². The summed E-state index contributed by atoms with van der Waals surface area (Å²) in [5.41, 5.74) is 0.860. The Bertz CT molecular complexity index is 614. The maximum Gasteiger partial charge on any atom is 0.202 e. The van der Waals surface area contributed by atoms with Crippen LogP contribution >= 0.6 is 0 Å². The third kappa shape index (κ3) is 2.47. The van der Waals surface area contributed by atoms with E-state index in [1.54, 1.807) is 0 Å². The van der Waals surface area contributed by atoms with Gasteiger partial charge in [-0.1, -0.05) is 48.1 Å². The Morgan fingerprint density at radius 2 is 1.62 bits per heavy atom. The monoisotopic (exact) mass is 376 g/mol. The second-order valence-electron chi connectivity index (χ2n) is 10.00. The van der Waals surface area contributed by atoms with Crippen molar-refractivity contribution in [3.05, 3.63) is 12.2 Å². The Morgan fingerprint density at radius 3 is 2.15 bits per heavy atom. The van der Waals surface area contributed by atoms with Crippen LogP contribution in [-0.2, 0) is 14.0 Å². The molecular weight excluding hydrogens is 340 g/mol. The first kappa shape index (κ1) is 20.0. The fourth-order valence-electron chi connectivity index (χ4n) is 6.71. The van der Waals surface area contributed by atoms with Crippen LogP contribution in [0.3, 0.4) is 0 Å². The first-order valence-electron chi connectivity index (χ1n) is 10.5. The smallest absolute Gasteiger partial charge is 0.202 e. The van der Waals surface area contributed by atoms with Crippen LogP contribution in [0.2, 0.25) is 16.6 Å². The number of rotatable bonds is 5. The summed E-state index contributed by atoms with van der Waals surface area (Å²) >= 11 is 0. The summed E-state index contributed by atoms with van der Waals surface area (Å²) in [5, 5.41) is 0. The molecule has 3 fully saturated rings. The van der Waals surface area contributed by atoms with Crippen molar-refractivity contribution in [1.29, 1.82) is 0 Å². The van der Waals surface area contributed by atoms with E-state index in [2.05, 4.69) is 48.1 Å². The zero-order chi connectivity index (χ0) is 19.5. The molecule has 26 heavy (non-hydrogen) atoms. The van der Waals surface area contributed by atoms with Gasteiger partial charge in [-0.15, -0.1) is 0 Å². The third-order valence-electron chi connectivity index (χ3n) is 7.90. The molecule has 0 heterocycles. The largest absolute Gasteiger partial charge is 0.400 e. The maximum atomic E-state index is 13.4. The van der Waals surface area contributed by atoms with E-state index in [0.29, 0.717) is 48.1 Å². The number of hydrogen-bond acceptors (Lipinski definition) is 3. The lowest BCUT2D eigenvalue weighted by molar-refractivity contribution is -0.149. The van der Waals surface area contributed by atoms with Gasteiger partial charge in [-0.3, -0.25) is 9.59 Å². The zero-order valence-electron chi connectivity index (χ0n) is 17.5. The highest BCUT2D eigenvalue weighted by molar-refractivity contribution is 6.78. The van der Waals surface area contributed by atoms with Gasteiger partial charge in [-0.25, -0.2) is 0 Å². The van der Waals surface area contributed by atoms with Gasteiger partial charge in [0.25, 0.3) is 0 Å². The molecule has 3 atom stereocenters. The lowest BCUT2D eigenvalue weighted by Crippen LogP contribution is -2.60. The van der Waals surface area contributed by atoms with Gasteiger partial charge < -0.3 is 4.43 Å². The molecule has 0 N–H and O–H groups in total. The van der Waals surface area contributed by atoms with Crippen LogP contribution in [0.1, 0.15) is 80.1 Å². The van der Waals surface area contributed by atoms with Crippen LogP contribution in [0.15, 0.2) is 12.2 Å². The van der Waals surface area contributed by atoms with Gasteiger partial charge in [0.1, 0.15) is 11.4 Å². The van der Waals surface area contributed by atoms with Crippen molar-refractivity contribution in [2.75, 3.05) is 0 Å². The summed E-state index contributed by atoms with van der Waals surface area (Å²) in [7, 11) is -2.24. The van der Waals surface area contributed by atoms with Gasteiger partial charge in [0, 0.05) is 18.3 Å². The Labute approximate surface area is 160 Å². The molecule has 0 saturated heterocycles. The van der Waals surface area contributed by atoms with Crippen LogP contribution in [0.5, 0.6) is 0 Å². The van der Waals surface area contributed by atoms with Crippen molar-refractivity contribution in [1.82, 2.24) is 0 Å². The molecule has 0 aliphatic heterocycles. The normalized spacial score (nSPS) is 35.0. The molecule has 0 aromatic rings. The van der Waals surface area contributed by atoms with Crippen molar-refractivity contribution < 1.29 is 14.0 Å². The van der Waals surface area contributed by atoms with E-state index < -0.39 is 13.9 Å². The number of ketones is 2. The molecule has 0 aromatic heterocycles. The topological polar surface area (TPSA) is 43.4 Å². The van der Waals surface area contributed by atoms with Crippen molar-refractivity contribution in [3.63, 3.8) is 0 Å². The Morgan fingerprint density at radius 1 is 1.04 bits per heavy atom. The van der Waals surface area contributed by atoms with Gasteiger partial charge in [0.15, 0.2) is 5.78 Å². The number of fused-ring (bicyclic) bond motifs is 1. The molecule has 4 heteroatoms. The minimum absolute atomic E-state index is 0.203. The van der Waals surface area contributed by atoms with Crippen molar-refractivity contribution >= 4 is 19.9 Å². The molecule has 3 aliphatic carbocycles. The number of carbonyl (C=O) groups excluding carboxylic acids is 2. The maximum absolute atomic E-state index is 13.4. The SMILES string of the molecule is C=C1C[C@]23C[C@@]1(O[Si](C(C)C)(C(C)C)C(C)C)C(=O)CC2CCCC3=O. The van der Waals surface area contributed by atoms with Gasteiger partial charge in [-0.2, -0.15) is 0 Å². The molecule has 0 amide bonds. The van der Waals surface area contributed by atoms with Crippen molar-refractivity contribution in [2.45, 2.75) is 102 Å². The fraction of sp³-hybridized carbons (Fsp3) is 0.818. The second-order valence-corrected chi connectivity index (χ2v) is 15.4. The first-order chi connectivity index (χ1) is 12.0. The highest BCUT2D eigenvalue weighted by Crippen LogP contribution is 2.64. The molecule has 1 unspecified atom stereocenters. The van der Waals surface area contributed by atoms with Gasteiger partial charge >= 0.3 is 0 Å². The molecule has 146 valence electrons. The summed E-state index contributed by atoms with van der Waals surface area (Å²) in [5.74, 6) is 0.772. The van der Waals surface area contributed by atoms with Crippen LogP contribution in [-0.4, -0.2) is 25.5 Å². The summed E-state index contributed by atoms with van der Waals surface area (Å²) in [6.45, 7) is 17.8. The second kappa shape index (κ2) is 6.41. The molecule has 0 radical (unpaired) electrons. The number of Topliss-reactive ketones (excluding diaryl/α,β-unsaturated/α-hetero) is 2. The van der Waals surface area contributed by atoms with Gasteiger partial charge in [0.2, 0.25) is 8.32 Å². The molecule has 3 rings (SSSR count). The van der Waals surface area contributed by atoms with Crippen LogP contribution < -0.4 is 0 Å². The lowest BCUT2D eigenvalue weighted by Gasteiger charge is -2.51. The summed E-state index contributed by atoms with van der Waals surface area (Å²) in [4.78, 5) is 26.4. The van der Waals surface area contributed by atoms with Crippen LogP contribution in [0.4, 0.5) is 0 Å². The Kier molecular flexibility index (Phi) is 4.93. The standard InChI is InChI=1S/C22H36O3Si/c1-14(2)26(15(3)4,16(5)6)25-22-13-21(12-17(22)7)18(11-20(22)24)9-8-10-19(21)23/h14-16,18H,7-13H2,1-6H3/t18?,21-,22-/m0/s1. The highest BCUT2D eigenvalue weighted by Gasteiger charge is 2.68. The molecule has 3 saturated carbocycles. The predicted octanol–water partition coefficient (Wildman–Crippen LogP) is 5.60. The first-order valence-corrected chi connectivity index (χ1v) is 12.6. The van der Waals surface area contributed by atoms with E-state index in [9.17, 15) is 9.59 Å². The van der Waals surface area contributed by atoms with Crippen molar-refractivity contribution in [2.24, 2.45) is 11.3 Å². The number of carbonyl (C=O) groups is 2. The molecular formula is C22H36O3Si. The third-order valence-corrected chi connectivity index (χ3v) is 14.0. The zero-order valence-corrected chi connectivity index (χ0v) is 18.5. The summed E-state index contributed by atoms with van der Waals surface area (Å²) in [6.07, 6.45) is 4.34. The van der Waals surface area contributed by atoms with E-state index in [0.717, 1.165) is 18.4 Å². The minimum Gasteiger partial charge on any atom is -0.400 e. The Balaban J connectivity index is 2.07. The Hall–Kier alpha value is -0.743. The molecule has 0 aromatic carbocycles. The number of hydrogen-bond donors (Lipinski definition) is 0. The molecule has 3 nitrogen and oxygen atoms in total. The van der Waals surface area contributed by atoms with E-state index in [4.69, 9.17) is 4.43 Å². The molecule has 1 spiro atoms. The molecule has 2 bridgehead atoms. The summed E-state index contributed by atoms with van der Waals surface area (Å²) in [6, 6.07) is 0. The fourth-order valence-corrected chi connectivity index (χ4v) is 12.3. The van der Waals surface area contributed by atoms with Gasteiger partial charge in [-0.05, 0) is 53.8 Å². The lowest BCUT2D eigenvalue weighted by atomic mass is 9.59. The highest BCUT2D eigenvalue weighted by atomic mass is 28.4. The molecule has 3 aliphatic rings. The predicted molar refractivity (Wildman–Crippen MR) is 108 cm³/mol. The van der Waals surface area contributed by atoms with E-state index in [-0.39, 0.29) is 17.1 Å². The van der Waals surface area contributed by atoms with Gasteiger partial charge in [0.05, 0.1) is 0 Å². The van der Waals surface area contributed by atoms with Crippen LogP contribution in [0.25, 0.3) is 0 Å². The van der Waals surface area contributed by atoms with E-state index >= 15 is 0 Å². The summed E-state index contributed by atoms with van der Waals surface area (Å²) < 4.78 is 7.10. The van der Waals surface area contributed by atoms with Crippen molar-refractivity contribution in [3.8, 4) is 0 Å². The average molecular weight is 377 g/mol. The quantitative estimate of drug-likeness (QED) is 0.463.